The molecule has 2 unspecified atom stereocenters. The molecule has 0 aliphatic heterocycles. The summed E-state index contributed by atoms with van der Waals surface area (Å²) in [5, 5.41) is 5.82. The van der Waals surface area contributed by atoms with Gasteiger partial charge in [0.15, 0.2) is 0 Å². The van der Waals surface area contributed by atoms with Gasteiger partial charge in [0.25, 0.3) is 0 Å². The van der Waals surface area contributed by atoms with Gasteiger partial charge in [0, 0.05) is 17.6 Å². The molecule has 1 heterocycles. The number of fused-ring (bicyclic) bond motifs is 1. The van der Waals surface area contributed by atoms with Gasteiger partial charge in [-0.05, 0) is 42.0 Å². The zero-order valence-electron chi connectivity index (χ0n) is 10.1. The molecule has 2 aromatic rings. The molecule has 3 heteroatoms. The number of hydrogen-bond acceptors (Lipinski definition) is 3. The van der Waals surface area contributed by atoms with Crippen molar-refractivity contribution in [3.05, 3.63) is 30.5 Å². The number of nitrogens with one attached hydrogen (secondary N) is 1. The molecule has 3 rings (SSSR count). The van der Waals surface area contributed by atoms with Crippen molar-refractivity contribution in [2.24, 2.45) is 5.92 Å². The highest BCUT2D eigenvalue weighted by Gasteiger charge is 2.32. The van der Waals surface area contributed by atoms with Gasteiger partial charge in [-0.1, -0.05) is 6.92 Å². The van der Waals surface area contributed by atoms with Crippen LogP contribution in [0.3, 0.4) is 0 Å². The third kappa shape index (κ3) is 1.93. The molecule has 3 nitrogen and oxygen atoms in total. The Morgan fingerprint density at radius 3 is 2.88 bits per heavy atom. The Balaban J connectivity index is 2.00. The lowest BCUT2D eigenvalue weighted by Gasteiger charge is -2.09. The molecule has 1 aliphatic carbocycles. The van der Waals surface area contributed by atoms with Gasteiger partial charge in [-0.2, -0.15) is 0 Å². The molecule has 1 aliphatic rings. The van der Waals surface area contributed by atoms with Crippen molar-refractivity contribution in [3.63, 3.8) is 0 Å². The Hall–Kier alpha value is -1.77. The molecule has 88 valence electrons. The van der Waals surface area contributed by atoms with E-state index in [1.807, 2.05) is 24.4 Å². The van der Waals surface area contributed by atoms with Gasteiger partial charge in [0.2, 0.25) is 0 Å². The van der Waals surface area contributed by atoms with E-state index in [4.69, 9.17) is 4.74 Å². The average molecular weight is 228 g/mol. The molecule has 0 amide bonds. The fourth-order valence-corrected chi connectivity index (χ4v) is 2.10. The van der Waals surface area contributed by atoms with Crippen LogP contribution in [0.25, 0.3) is 10.8 Å². The van der Waals surface area contributed by atoms with Crippen molar-refractivity contribution in [3.8, 4) is 5.75 Å². The quantitative estimate of drug-likeness (QED) is 0.876. The number of anilines is 1. The van der Waals surface area contributed by atoms with Crippen LogP contribution in [0.4, 0.5) is 5.82 Å². The second-order valence-corrected chi connectivity index (χ2v) is 4.71. The fraction of sp³-hybridized carbons (Fsp3) is 0.357. The van der Waals surface area contributed by atoms with Crippen LogP contribution in [-0.2, 0) is 0 Å². The first-order chi connectivity index (χ1) is 8.28. The number of pyridine rings is 1. The minimum atomic E-state index is 0.593. The van der Waals surface area contributed by atoms with E-state index < -0.39 is 0 Å². The monoisotopic (exact) mass is 228 g/mol. The van der Waals surface area contributed by atoms with Gasteiger partial charge in [0.1, 0.15) is 11.6 Å². The highest BCUT2D eigenvalue weighted by atomic mass is 16.5. The van der Waals surface area contributed by atoms with E-state index in [-0.39, 0.29) is 0 Å². The van der Waals surface area contributed by atoms with Crippen LogP contribution in [0.5, 0.6) is 5.75 Å². The maximum atomic E-state index is 5.23. The number of aromatic nitrogens is 1. The molecule has 2 atom stereocenters. The van der Waals surface area contributed by atoms with Crippen LogP contribution < -0.4 is 10.1 Å². The summed E-state index contributed by atoms with van der Waals surface area (Å²) in [5.41, 5.74) is 0. The predicted octanol–water partition coefficient (Wildman–Crippen LogP) is 3.06. The van der Waals surface area contributed by atoms with Crippen molar-refractivity contribution < 1.29 is 4.74 Å². The second-order valence-electron chi connectivity index (χ2n) is 4.71. The van der Waals surface area contributed by atoms with Crippen LogP contribution >= 0.6 is 0 Å². The first-order valence-corrected chi connectivity index (χ1v) is 5.97. The van der Waals surface area contributed by atoms with E-state index in [9.17, 15) is 0 Å². The summed E-state index contributed by atoms with van der Waals surface area (Å²) in [7, 11) is 1.69. The lowest BCUT2D eigenvalue weighted by molar-refractivity contribution is 0.415. The SMILES string of the molecule is COc1ccc2c(NC3CC3C)nccc2c1. The molecule has 0 bridgehead atoms. The molecule has 0 saturated heterocycles. The third-order valence-corrected chi connectivity index (χ3v) is 3.40. The van der Waals surface area contributed by atoms with E-state index in [0.29, 0.717) is 6.04 Å². The highest BCUT2D eigenvalue weighted by molar-refractivity contribution is 5.92. The van der Waals surface area contributed by atoms with Crippen LogP contribution in [0.15, 0.2) is 30.5 Å². The van der Waals surface area contributed by atoms with E-state index >= 15 is 0 Å². The first kappa shape index (κ1) is 10.4. The van der Waals surface area contributed by atoms with E-state index in [2.05, 4.69) is 23.3 Å². The Kier molecular flexibility index (Phi) is 2.39. The van der Waals surface area contributed by atoms with Crippen LogP contribution in [0, 0.1) is 5.92 Å². The first-order valence-electron chi connectivity index (χ1n) is 5.97. The van der Waals surface area contributed by atoms with Crippen molar-refractivity contribution in [2.45, 2.75) is 19.4 Å². The molecule has 0 spiro atoms. The zero-order valence-corrected chi connectivity index (χ0v) is 10.1. The zero-order chi connectivity index (χ0) is 11.8. The Morgan fingerprint density at radius 1 is 1.35 bits per heavy atom. The number of rotatable bonds is 3. The maximum Gasteiger partial charge on any atom is 0.134 e. The number of methoxy groups -OCH3 is 1. The molecule has 1 N–H and O–H groups in total. The number of ether oxygens (including phenoxy) is 1. The maximum absolute atomic E-state index is 5.23. The standard InChI is InChI=1S/C14H16N2O/c1-9-7-13(9)16-14-12-4-3-11(17-2)8-10(12)5-6-15-14/h3-6,8-9,13H,7H2,1-2H3,(H,15,16). The number of nitrogens with zero attached hydrogens (tertiary/aromatic N) is 1. The largest absolute Gasteiger partial charge is 0.497 e. The molecule has 0 radical (unpaired) electrons. The lowest BCUT2D eigenvalue weighted by Crippen LogP contribution is -2.05. The smallest absolute Gasteiger partial charge is 0.134 e. The molecule has 1 aromatic heterocycles. The van der Waals surface area contributed by atoms with Crippen LogP contribution in [-0.4, -0.2) is 18.1 Å². The van der Waals surface area contributed by atoms with Gasteiger partial charge in [0.05, 0.1) is 7.11 Å². The van der Waals surface area contributed by atoms with Gasteiger partial charge in [-0.15, -0.1) is 0 Å². The number of hydrogen-bond donors (Lipinski definition) is 1. The summed E-state index contributed by atoms with van der Waals surface area (Å²) in [6.07, 6.45) is 3.09. The molecule has 1 saturated carbocycles. The Bertz CT molecular complexity index is 553. The van der Waals surface area contributed by atoms with Gasteiger partial charge < -0.3 is 10.1 Å². The summed E-state index contributed by atoms with van der Waals surface area (Å²) >= 11 is 0. The summed E-state index contributed by atoms with van der Waals surface area (Å²) in [6.45, 7) is 2.26. The lowest BCUT2D eigenvalue weighted by atomic mass is 10.1. The molecular weight excluding hydrogens is 212 g/mol. The van der Waals surface area contributed by atoms with Gasteiger partial charge >= 0.3 is 0 Å². The predicted molar refractivity (Wildman–Crippen MR) is 69.5 cm³/mol. The summed E-state index contributed by atoms with van der Waals surface area (Å²) in [5.74, 6) is 2.64. The Labute approximate surface area is 101 Å². The molecule has 1 fully saturated rings. The minimum Gasteiger partial charge on any atom is -0.497 e. The summed E-state index contributed by atoms with van der Waals surface area (Å²) in [4.78, 5) is 4.43. The van der Waals surface area contributed by atoms with Crippen molar-refractivity contribution in [1.29, 1.82) is 0 Å². The van der Waals surface area contributed by atoms with E-state index in [1.54, 1.807) is 7.11 Å². The second kappa shape index (κ2) is 3.91. The molecule has 1 aromatic carbocycles. The topological polar surface area (TPSA) is 34.1 Å². The van der Waals surface area contributed by atoms with E-state index in [1.165, 1.54) is 6.42 Å². The van der Waals surface area contributed by atoms with Crippen molar-refractivity contribution in [2.75, 3.05) is 12.4 Å². The number of benzene rings is 1. The normalized spacial score (nSPS) is 22.5. The fourth-order valence-electron chi connectivity index (χ4n) is 2.10. The van der Waals surface area contributed by atoms with Gasteiger partial charge in [-0.25, -0.2) is 4.98 Å². The Morgan fingerprint density at radius 2 is 2.18 bits per heavy atom. The van der Waals surface area contributed by atoms with Crippen LogP contribution in [0.1, 0.15) is 13.3 Å². The van der Waals surface area contributed by atoms with E-state index in [0.717, 1.165) is 28.3 Å². The van der Waals surface area contributed by atoms with Crippen molar-refractivity contribution >= 4 is 16.6 Å². The molecular formula is C14H16N2O. The highest BCUT2D eigenvalue weighted by Crippen LogP contribution is 2.34. The summed E-state index contributed by atoms with van der Waals surface area (Å²) < 4.78 is 5.23. The molecule has 17 heavy (non-hydrogen) atoms. The minimum absolute atomic E-state index is 0.593. The summed E-state index contributed by atoms with van der Waals surface area (Å²) in [6, 6.07) is 8.69. The average Bonchev–Trinajstić information content (AvgIpc) is 3.04. The third-order valence-electron chi connectivity index (χ3n) is 3.40. The van der Waals surface area contributed by atoms with Crippen LogP contribution in [0.2, 0.25) is 0 Å². The van der Waals surface area contributed by atoms with Crippen molar-refractivity contribution in [1.82, 2.24) is 4.98 Å². The van der Waals surface area contributed by atoms with Gasteiger partial charge in [-0.3, -0.25) is 0 Å².